The van der Waals surface area contributed by atoms with E-state index in [1.807, 2.05) is 19.9 Å². The van der Waals surface area contributed by atoms with Crippen LogP contribution in [0, 0.1) is 11.3 Å². The number of hydrogen-bond acceptors (Lipinski definition) is 3. The molecule has 0 saturated carbocycles. The lowest BCUT2D eigenvalue weighted by molar-refractivity contribution is -0.119. The number of ketones is 1. The van der Waals surface area contributed by atoms with Crippen molar-refractivity contribution in [1.82, 2.24) is 0 Å². The van der Waals surface area contributed by atoms with Gasteiger partial charge in [0.05, 0.1) is 11.5 Å². The van der Waals surface area contributed by atoms with Gasteiger partial charge >= 0.3 is 0 Å². The smallest absolute Gasteiger partial charge is 0.234 e. The molecule has 0 atom stereocenters. The molecule has 1 aliphatic heterocycles. The SMILES string of the molecule is CC1(C)C(=O)Nc2ccc(C(=O)CCC#N)cc21. The highest BCUT2D eigenvalue weighted by molar-refractivity contribution is 6.07. The van der Waals surface area contributed by atoms with E-state index in [2.05, 4.69) is 5.32 Å². The average Bonchev–Trinajstić information content (AvgIpc) is 2.57. The number of benzene rings is 1. The number of carbonyl (C=O) groups is 2. The lowest BCUT2D eigenvalue weighted by Crippen LogP contribution is -2.27. The minimum Gasteiger partial charge on any atom is -0.325 e. The molecule has 0 saturated heterocycles. The summed E-state index contributed by atoms with van der Waals surface area (Å²) in [5.74, 6) is -0.117. The number of Topliss-reactive ketones (excluding diaryl/α,β-unsaturated/α-hetero) is 1. The van der Waals surface area contributed by atoms with E-state index in [9.17, 15) is 9.59 Å². The largest absolute Gasteiger partial charge is 0.325 e. The van der Waals surface area contributed by atoms with E-state index in [0.29, 0.717) is 5.56 Å². The van der Waals surface area contributed by atoms with Gasteiger partial charge in [0.15, 0.2) is 5.78 Å². The van der Waals surface area contributed by atoms with Gasteiger partial charge < -0.3 is 5.32 Å². The fourth-order valence-corrected chi connectivity index (χ4v) is 2.06. The van der Waals surface area contributed by atoms with Crippen molar-refractivity contribution in [2.75, 3.05) is 5.32 Å². The molecule has 1 amide bonds. The maximum Gasteiger partial charge on any atom is 0.234 e. The van der Waals surface area contributed by atoms with Gasteiger partial charge in [-0.2, -0.15) is 5.26 Å². The van der Waals surface area contributed by atoms with Crippen LogP contribution in [0.1, 0.15) is 42.6 Å². The van der Waals surface area contributed by atoms with Gasteiger partial charge in [0.25, 0.3) is 0 Å². The number of carbonyl (C=O) groups excluding carboxylic acids is 2. The number of rotatable bonds is 3. The second kappa shape index (κ2) is 4.26. The Bertz CT molecular complexity index is 568. The fourth-order valence-electron chi connectivity index (χ4n) is 2.06. The molecule has 0 radical (unpaired) electrons. The van der Waals surface area contributed by atoms with Gasteiger partial charge in [-0.1, -0.05) is 0 Å². The molecule has 0 fully saturated rings. The number of nitriles is 1. The molecule has 4 heteroatoms. The van der Waals surface area contributed by atoms with Crippen LogP contribution in [-0.2, 0) is 10.2 Å². The zero-order chi connectivity index (χ0) is 13.3. The maximum absolute atomic E-state index is 11.8. The Hall–Kier alpha value is -2.15. The van der Waals surface area contributed by atoms with Crippen molar-refractivity contribution in [3.8, 4) is 6.07 Å². The molecule has 0 aliphatic carbocycles. The molecule has 4 nitrogen and oxygen atoms in total. The van der Waals surface area contributed by atoms with E-state index < -0.39 is 5.41 Å². The molecule has 1 aliphatic rings. The van der Waals surface area contributed by atoms with Crippen LogP contribution in [0.15, 0.2) is 18.2 Å². The number of fused-ring (bicyclic) bond motifs is 1. The van der Waals surface area contributed by atoms with Crippen molar-refractivity contribution < 1.29 is 9.59 Å². The summed E-state index contributed by atoms with van der Waals surface area (Å²) < 4.78 is 0. The zero-order valence-electron chi connectivity index (χ0n) is 10.4. The summed E-state index contributed by atoms with van der Waals surface area (Å²) >= 11 is 0. The maximum atomic E-state index is 11.8. The van der Waals surface area contributed by atoms with Gasteiger partial charge in [-0.15, -0.1) is 0 Å². The van der Waals surface area contributed by atoms with E-state index in [0.717, 1.165) is 11.3 Å². The topological polar surface area (TPSA) is 70.0 Å². The van der Waals surface area contributed by atoms with E-state index in [1.54, 1.807) is 18.2 Å². The first-order valence-electron chi connectivity index (χ1n) is 5.83. The van der Waals surface area contributed by atoms with Crippen LogP contribution in [-0.4, -0.2) is 11.7 Å². The monoisotopic (exact) mass is 242 g/mol. The van der Waals surface area contributed by atoms with Crippen LogP contribution in [0.4, 0.5) is 5.69 Å². The Morgan fingerprint density at radius 3 is 2.83 bits per heavy atom. The number of anilines is 1. The van der Waals surface area contributed by atoms with Crippen molar-refractivity contribution in [3.05, 3.63) is 29.3 Å². The van der Waals surface area contributed by atoms with Gasteiger partial charge in [0, 0.05) is 24.1 Å². The molecule has 92 valence electrons. The highest BCUT2D eigenvalue weighted by Gasteiger charge is 2.38. The zero-order valence-corrected chi connectivity index (χ0v) is 10.4. The van der Waals surface area contributed by atoms with Crippen LogP contribution >= 0.6 is 0 Å². The van der Waals surface area contributed by atoms with Crippen LogP contribution in [0.25, 0.3) is 0 Å². The predicted molar refractivity (Wildman–Crippen MR) is 67.3 cm³/mol. The van der Waals surface area contributed by atoms with E-state index in [-0.39, 0.29) is 24.5 Å². The van der Waals surface area contributed by atoms with E-state index in [4.69, 9.17) is 5.26 Å². The number of nitrogens with one attached hydrogen (secondary N) is 1. The van der Waals surface area contributed by atoms with Crippen molar-refractivity contribution in [2.45, 2.75) is 32.1 Å². The summed E-state index contributed by atoms with van der Waals surface area (Å²) in [7, 11) is 0. The number of nitrogens with zero attached hydrogens (tertiary/aromatic N) is 1. The fraction of sp³-hybridized carbons (Fsp3) is 0.357. The Kier molecular flexibility index (Phi) is 2.92. The molecule has 1 heterocycles. The molecule has 18 heavy (non-hydrogen) atoms. The number of amides is 1. The van der Waals surface area contributed by atoms with Crippen LogP contribution in [0.5, 0.6) is 0 Å². The average molecular weight is 242 g/mol. The summed E-state index contributed by atoms with van der Waals surface area (Å²) in [6, 6.07) is 7.16. The molecular formula is C14H14N2O2. The van der Waals surface area contributed by atoms with Crippen molar-refractivity contribution in [3.63, 3.8) is 0 Å². The Labute approximate surface area is 106 Å². The standard InChI is InChI=1S/C14H14N2O2/c1-14(2)10-8-9(12(17)4-3-7-15)5-6-11(10)16-13(14)18/h5-6,8H,3-4H2,1-2H3,(H,16,18). The van der Waals surface area contributed by atoms with Crippen molar-refractivity contribution >= 4 is 17.4 Å². The molecule has 1 aromatic carbocycles. The van der Waals surface area contributed by atoms with Gasteiger partial charge in [-0.3, -0.25) is 9.59 Å². The third-order valence-corrected chi connectivity index (χ3v) is 3.29. The normalized spacial score (nSPS) is 15.7. The van der Waals surface area contributed by atoms with Gasteiger partial charge in [0.1, 0.15) is 0 Å². The third kappa shape index (κ3) is 1.88. The van der Waals surface area contributed by atoms with Crippen LogP contribution in [0.2, 0.25) is 0 Å². The first-order valence-corrected chi connectivity index (χ1v) is 5.83. The first-order chi connectivity index (χ1) is 8.46. The van der Waals surface area contributed by atoms with Crippen LogP contribution < -0.4 is 5.32 Å². The minimum absolute atomic E-state index is 0.0564. The molecule has 0 spiro atoms. The highest BCUT2D eigenvalue weighted by atomic mass is 16.2. The molecule has 1 N–H and O–H groups in total. The molecule has 0 bridgehead atoms. The lowest BCUT2D eigenvalue weighted by Gasteiger charge is -2.15. The second-order valence-electron chi connectivity index (χ2n) is 4.92. The predicted octanol–water partition coefficient (Wildman–Crippen LogP) is 2.40. The van der Waals surface area contributed by atoms with Crippen LogP contribution in [0.3, 0.4) is 0 Å². The van der Waals surface area contributed by atoms with Gasteiger partial charge in [0.2, 0.25) is 5.91 Å². The van der Waals surface area contributed by atoms with E-state index in [1.165, 1.54) is 0 Å². The van der Waals surface area contributed by atoms with Crippen molar-refractivity contribution in [2.24, 2.45) is 0 Å². The molecular weight excluding hydrogens is 228 g/mol. The van der Waals surface area contributed by atoms with E-state index >= 15 is 0 Å². The Balaban J connectivity index is 2.35. The quantitative estimate of drug-likeness (QED) is 0.827. The summed E-state index contributed by atoms with van der Waals surface area (Å²) in [5.41, 5.74) is 1.56. The van der Waals surface area contributed by atoms with Gasteiger partial charge in [-0.25, -0.2) is 0 Å². The van der Waals surface area contributed by atoms with Crippen molar-refractivity contribution in [1.29, 1.82) is 5.26 Å². The molecule has 2 rings (SSSR count). The second-order valence-corrected chi connectivity index (χ2v) is 4.92. The molecule has 0 aromatic heterocycles. The summed E-state index contributed by atoms with van der Waals surface area (Å²) in [6.07, 6.45) is 0.438. The summed E-state index contributed by atoms with van der Waals surface area (Å²) in [4.78, 5) is 23.6. The minimum atomic E-state index is -0.610. The summed E-state index contributed by atoms with van der Waals surface area (Å²) in [6.45, 7) is 3.66. The third-order valence-electron chi connectivity index (χ3n) is 3.29. The lowest BCUT2D eigenvalue weighted by atomic mass is 9.85. The van der Waals surface area contributed by atoms with Gasteiger partial charge in [-0.05, 0) is 37.6 Å². The highest BCUT2D eigenvalue weighted by Crippen LogP contribution is 2.37. The number of hydrogen-bond donors (Lipinski definition) is 1. The Morgan fingerprint density at radius 2 is 2.17 bits per heavy atom. The first kappa shape index (κ1) is 12.3. The Morgan fingerprint density at radius 1 is 1.44 bits per heavy atom. The summed E-state index contributed by atoms with van der Waals surface area (Å²) in [5, 5.41) is 11.3. The molecule has 0 unspecified atom stereocenters. The molecule has 1 aromatic rings.